The van der Waals surface area contributed by atoms with Crippen molar-refractivity contribution < 1.29 is 13.2 Å². The third kappa shape index (κ3) is 3.02. The van der Waals surface area contributed by atoms with Crippen LogP contribution in [0.5, 0.6) is 0 Å². The van der Waals surface area contributed by atoms with Gasteiger partial charge in [0, 0.05) is 25.6 Å². The van der Waals surface area contributed by atoms with Gasteiger partial charge in [0.1, 0.15) is 0 Å². The van der Waals surface area contributed by atoms with Crippen LogP contribution in [0.1, 0.15) is 13.8 Å². The molecule has 110 valence electrons. The monoisotopic (exact) mass is 296 g/mol. The summed E-state index contributed by atoms with van der Waals surface area (Å²) < 4.78 is 26.5. The second-order valence-electron chi connectivity index (χ2n) is 5.74. The first-order valence-electron chi connectivity index (χ1n) is 6.55. The first-order chi connectivity index (χ1) is 9.22. The maximum atomic E-state index is 12.6. The smallest absolute Gasteiger partial charge is 0.243 e. The molecule has 5 nitrogen and oxygen atoms in total. The summed E-state index contributed by atoms with van der Waals surface area (Å²) in [5.74, 6) is -0.171. The molecule has 0 N–H and O–H groups in total. The van der Waals surface area contributed by atoms with Crippen LogP contribution in [-0.4, -0.2) is 50.2 Å². The zero-order chi connectivity index (χ0) is 15.0. The van der Waals surface area contributed by atoms with Crippen molar-refractivity contribution in [3.63, 3.8) is 0 Å². The number of likely N-dealkylation sites (N-methyl/N-ethyl adjacent to an activating group) is 1. The first kappa shape index (κ1) is 15.0. The number of carbonyl (C=O) groups excluding carboxylic acids is 1. The number of nitrogens with zero attached hydrogens (tertiary/aromatic N) is 2. The summed E-state index contributed by atoms with van der Waals surface area (Å²) in [5.41, 5.74) is -0.331. The van der Waals surface area contributed by atoms with Gasteiger partial charge in [0.05, 0.1) is 11.4 Å². The average Bonchev–Trinajstić information content (AvgIpc) is 2.54. The van der Waals surface area contributed by atoms with Gasteiger partial charge in [-0.25, -0.2) is 8.42 Å². The van der Waals surface area contributed by atoms with Gasteiger partial charge in [0.15, 0.2) is 0 Å². The van der Waals surface area contributed by atoms with Crippen molar-refractivity contribution in [2.24, 2.45) is 5.41 Å². The summed E-state index contributed by atoms with van der Waals surface area (Å²) in [6.45, 7) is 4.57. The SMILES string of the molecule is CN1CCN(S(=O)(=O)C2=CC(C)(C)C=CC=C2)CC1=O. The van der Waals surface area contributed by atoms with E-state index in [-0.39, 0.29) is 22.8 Å². The van der Waals surface area contributed by atoms with Crippen molar-refractivity contribution in [3.05, 3.63) is 35.3 Å². The lowest BCUT2D eigenvalue weighted by Crippen LogP contribution is -2.50. The molecule has 1 aliphatic heterocycles. The predicted octanol–water partition coefficient (Wildman–Crippen LogP) is 1.13. The zero-order valence-corrected chi connectivity index (χ0v) is 12.9. The fourth-order valence-electron chi connectivity index (χ4n) is 2.17. The number of hydrogen-bond acceptors (Lipinski definition) is 3. The topological polar surface area (TPSA) is 57.7 Å². The lowest BCUT2D eigenvalue weighted by atomic mass is 9.93. The van der Waals surface area contributed by atoms with Crippen LogP contribution < -0.4 is 0 Å². The van der Waals surface area contributed by atoms with Gasteiger partial charge < -0.3 is 4.90 Å². The van der Waals surface area contributed by atoms with E-state index in [1.54, 1.807) is 30.2 Å². The number of hydrogen-bond donors (Lipinski definition) is 0. The molecule has 2 aliphatic rings. The Kier molecular flexibility index (Phi) is 3.88. The van der Waals surface area contributed by atoms with E-state index >= 15 is 0 Å². The molecule has 0 bridgehead atoms. The van der Waals surface area contributed by atoms with Gasteiger partial charge >= 0.3 is 0 Å². The highest BCUT2D eigenvalue weighted by atomic mass is 32.2. The molecule has 2 rings (SSSR count). The van der Waals surface area contributed by atoms with E-state index in [1.165, 1.54) is 4.31 Å². The van der Waals surface area contributed by atoms with Crippen LogP contribution in [0, 0.1) is 5.41 Å². The summed E-state index contributed by atoms with van der Waals surface area (Å²) in [4.78, 5) is 13.5. The molecule has 0 aromatic heterocycles. The third-order valence-electron chi connectivity index (χ3n) is 3.47. The van der Waals surface area contributed by atoms with Gasteiger partial charge in [-0.15, -0.1) is 0 Å². The van der Waals surface area contributed by atoms with Crippen molar-refractivity contribution >= 4 is 15.9 Å². The molecule has 1 heterocycles. The van der Waals surface area contributed by atoms with Crippen molar-refractivity contribution in [3.8, 4) is 0 Å². The van der Waals surface area contributed by atoms with E-state index in [0.717, 1.165) is 0 Å². The number of allylic oxidation sites excluding steroid dienone is 5. The number of amides is 1. The number of sulfonamides is 1. The molecule has 1 amide bonds. The Balaban J connectivity index is 2.31. The van der Waals surface area contributed by atoms with E-state index in [2.05, 4.69) is 0 Å². The minimum Gasteiger partial charge on any atom is -0.343 e. The van der Waals surface area contributed by atoms with E-state index in [4.69, 9.17) is 0 Å². The molecule has 0 unspecified atom stereocenters. The highest BCUT2D eigenvalue weighted by Crippen LogP contribution is 2.28. The summed E-state index contributed by atoms with van der Waals surface area (Å²) in [6.07, 6.45) is 8.82. The van der Waals surface area contributed by atoms with Gasteiger partial charge in [0.25, 0.3) is 0 Å². The van der Waals surface area contributed by atoms with Gasteiger partial charge in [-0.3, -0.25) is 4.79 Å². The Morgan fingerprint density at radius 3 is 2.55 bits per heavy atom. The van der Waals surface area contributed by atoms with Crippen LogP contribution >= 0.6 is 0 Å². The molecule has 1 fully saturated rings. The third-order valence-corrected chi connectivity index (χ3v) is 5.31. The van der Waals surface area contributed by atoms with Crippen LogP contribution in [0.3, 0.4) is 0 Å². The highest BCUT2D eigenvalue weighted by Gasteiger charge is 2.33. The molecule has 20 heavy (non-hydrogen) atoms. The molecule has 0 spiro atoms. The highest BCUT2D eigenvalue weighted by molar-refractivity contribution is 7.93. The molecule has 0 saturated carbocycles. The standard InChI is InChI=1S/C14H20N2O3S/c1-14(2)7-5-4-6-12(10-14)20(18,19)16-9-8-15(3)13(17)11-16/h4-7,10H,8-9,11H2,1-3H3. The first-order valence-corrected chi connectivity index (χ1v) is 7.99. The summed E-state index contributed by atoms with van der Waals surface area (Å²) in [7, 11) is -1.93. The van der Waals surface area contributed by atoms with Crippen LogP contribution in [0.4, 0.5) is 0 Å². The van der Waals surface area contributed by atoms with E-state index in [9.17, 15) is 13.2 Å². The van der Waals surface area contributed by atoms with Crippen LogP contribution in [-0.2, 0) is 14.8 Å². The number of piperazine rings is 1. The Hall–Kier alpha value is -1.40. The van der Waals surface area contributed by atoms with Gasteiger partial charge in [-0.05, 0) is 6.08 Å². The molecule has 1 aliphatic carbocycles. The Bertz CT molecular complexity index is 600. The van der Waals surface area contributed by atoms with Crippen molar-refractivity contribution in [1.82, 2.24) is 9.21 Å². The lowest BCUT2D eigenvalue weighted by Gasteiger charge is -2.31. The van der Waals surface area contributed by atoms with Crippen molar-refractivity contribution in [2.75, 3.05) is 26.7 Å². The molecule has 6 heteroatoms. The summed E-state index contributed by atoms with van der Waals surface area (Å²) >= 11 is 0. The molecule has 0 atom stereocenters. The van der Waals surface area contributed by atoms with E-state index in [1.807, 2.05) is 26.0 Å². The fraction of sp³-hybridized carbons (Fsp3) is 0.500. The average molecular weight is 296 g/mol. The normalized spacial score (nSPS) is 23.6. The Labute approximate surface area is 120 Å². The quantitative estimate of drug-likeness (QED) is 0.767. The fourth-order valence-corrected chi connectivity index (χ4v) is 3.77. The van der Waals surface area contributed by atoms with Crippen LogP contribution in [0.25, 0.3) is 0 Å². The van der Waals surface area contributed by atoms with Gasteiger partial charge in [-0.1, -0.05) is 38.2 Å². The minimum absolute atomic E-state index is 0.0854. The molecule has 0 aromatic carbocycles. The van der Waals surface area contributed by atoms with Crippen molar-refractivity contribution in [1.29, 1.82) is 0 Å². The molecular weight excluding hydrogens is 276 g/mol. The second kappa shape index (κ2) is 5.18. The molecule has 0 radical (unpaired) electrons. The molecule has 0 aromatic rings. The number of carbonyl (C=O) groups is 1. The number of rotatable bonds is 2. The van der Waals surface area contributed by atoms with Crippen LogP contribution in [0.2, 0.25) is 0 Å². The van der Waals surface area contributed by atoms with Crippen LogP contribution in [0.15, 0.2) is 35.3 Å². The maximum absolute atomic E-state index is 12.6. The molecule has 1 saturated heterocycles. The van der Waals surface area contributed by atoms with Gasteiger partial charge in [0.2, 0.25) is 15.9 Å². The van der Waals surface area contributed by atoms with Crippen molar-refractivity contribution in [2.45, 2.75) is 13.8 Å². The van der Waals surface area contributed by atoms with E-state index < -0.39 is 10.0 Å². The molecular formula is C14H20N2O3S. The van der Waals surface area contributed by atoms with E-state index in [0.29, 0.717) is 13.1 Å². The largest absolute Gasteiger partial charge is 0.343 e. The second-order valence-corrected chi connectivity index (χ2v) is 7.68. The Morgan fingerprint density at radius 2 is 1.90 bits per heavy atom. The minimum atomic E-state index is -3.62. The summed E-state index contributed by atoms with van der Waals surface area (Å²) in [5, 5.41) is 0. The maximum Gasteiger partial charge on any atom is 0.243 e. The Morgan fingerprint density at radius 1 is 1.20 bits per heavy atom. The zero-order valence-electron chi connectivity index (χ0n) is 12.0. The lowest BCUT2D eigenvalue weighted by molar-refractivity contribution is -0.132. The predicted molar refractivity (Wildman–Crippen MR) is 78.3 cm³/mol. The van der Waals surface area contributed by atoms with Gasteiger partial charge in [-0.2, -0.15) is 4.31 Å². The summed E-state index contributed by atoms with van der Waals surface area (Å²) in [6, 6.07) is 0.